The van der Waals surface area contributed by atoms with E-state index in [1.165, 1.54) is 0 Å². The molecule has 9 heteroatoms. The number of benzene rings is 1. The summed E-state index contributed by atoms with van der Waals surface area (Å²) in [6.45, 7) is 0. The zero-order chi connectivity index (χ0) is 25.2. The van der Waals surface area contributed by atoms with Crippen LogP contribution in [0.5, 0.6) is 5.75 Å². The van der Waals surface area contributed by atoms with Gasteiger partial charge in [-0.3, -0.25) is 24.5 Å². The summed E-state index contributed by atoms with van der Waals surface area (Å²) in [4.78, 5) is 51.3. The highest BCUT2D eigenvalue weighted by molar-refractivity contribution is 6.06. The van der Waals surface area contributed by atoms with Gasteiger partial charge in [-0.05, 0) is 36.5 Å². The van der Waals surface area contributed by atoms with E-state index >= 15 is 0 Å². The van der Waals surface area contributed by atoms with Gasteiger partial charge < -0.3 is 14.8 Å². The molecule has 3 heterocycles. The van der Waals surface area contributed by atoms with Crippen LogP contribution < -0.4 is 15.4 Å². The Balaban J connectivity index is 1.19. The lowest BCUT2D eigenvalue weighted by Crippen LogP contribution is -2.48. The number of ether oxygens (including phenoxy) is 2. The van der Waals surface area contributed by atoms with Crippen molar-refractivity contribution in [3.05, 3.63) is 34.9 Å². The summed E-state index contributed by atoms with van der Waals surface area (Å²) in [5, 5.41) is 15.4. The van der Waals surface area contributed by atoms with Crippen LogP contribution in [0, 0.1) is 34.5 Å². The smallest absolute Gasteiger partial charge is 0.248 e. The third-order valence-corrected chi connectivity index (χ3v) is 8.44. The molecule has 4 fully saturated rings. The molecule has 186 valence electrons. The summed E-state index contributed by atoms with van der Waals surface area (Å²) in [6, 6.07) is 7.22. The first-order chi connectivity index (χ1) is 17.3. The zero-order valence-corrected chi connectivity index (χ0v) is 19.9. The fraction of sp³-hybridized carbons (Fsp3) is 0.519. The van der Waals surface area contributed by atoms with E-state index in [1.54, 1.807) is 13.2 Å². The summed E-state index contributed by atoms with van der Waals surface area (Å²) in [5.74, 6) is -1.60. The summed E-state index contributed by atoms with van der Waals surface area (Å²) in [7, 11) is 1.59. The van der Waals surface area contributed by atoms with Gasteiger partial charge in [0.25, 0.3) is 0 Å². The first-order valence-electron chi connectivity index (χ1n) is 12.4. The first-order valence-corrected chi connectivity index (χ1v) is 12.4. The van der Waals surface area contributed by atoms with Gasteiger partial charge in [0.2, 0.25) is 17.7 Å². The van der Waals surface area contributed by atoms with Gasteiger partial charge in [0.05, 0.1) is 48.7 Å². The lowest BCUT2D eigenvalue weighted by Gasteiger charge is -2.33. The van der Waals surface area contributed by atoms with Crippen LogP contribution in [0.25, 0.3) is 6.08 Å². The molecular formula is C27H27N3O6. The number of nitrogens with one attached hydrogen (secondary N) is 2. The number of amides is 3. The molecule has 2 N–H and O–H groups in total. The normalized spacial score (nSPS) is 32.3. The van der Waals surface area contributed by atoms with Gasteiger partial charge in [-0.15, -0.1) is 0 Å². The monoisotopic (exact) mass is 489 g/mol. The number of rotatable bonds is 8. The van der Waals surface area contributed by atoms with Crippen molar-refractivity contribution in [2.45, 2.75) is 56.8 Å². The van der Waals surface area contributed by atoms with E-state index in [0.717, 1.165) is 24.0 Å². The van der Waals surface area contributed by atoms with Crippen LogP contribution in [0.1, 0.15) is 43.2 Å². The molecule has 3 amide bonds. The summed E-state index contributed by atoms with van der Waals surface area (Å²) >= 11 is 0. The maximum Gasteiger partial charge on any atom is 0.248 e. The Morgan fingerprint density at radius 3 is 2.78 bits per heavy atom. The van der Waals surface area contributed by atoms with E-state index < -0.39 is 41.4 Å². The minimum Gasteiger partial charge on any atom is -0.496 e. The Kier molecular flexibility index (Phi) is 5.27. The molecule has 1 unspecified atom stereocenters. The molecule has 9 nitrogen and oxygen atoms in total. The fourth-order valence-corrected chi connectivity index (χ4v) is 6.45. The number of nitrogens with zero attached hydrogens (tertiary/aromatic N) is 1. The Morgan fingerprint density at radius 1 is 1.28 bits per heavy atom. The van der Waals surface area contributed by atoms with Crippen molar-refractivity contribution in [2.24, 2.45) is 23.2 Å². The lowest BCUT2D eigenvalue weighted by molar-refractivity contribution is -0.130. The molecule has 36 heavy (non-hydrogen) atoms. The van der Waals surface area contributed by atoms with Crippen LogP contribution >= 0.6 is 0 Å². The van der Waals surface area contributed by atoms with Crippen molar-refractivity contribution >= 4 is 29.6 Å². The maximum atomic E-state index is 13.6. The van der Waals surface area contributed by atoms with Crippen molar-refractivity contribution in [3.8, 4) is 11.8 Å². The van der Waals surface area contributed by atoms with Gasteiger partial charge in [-0.1, -0.05) is 25.0 Å². The predicted molar refractivity (Wildman–Crippen MR) is 125 cm³/mol. The van der Waals surface area contributed by atoms with E-state index in [1.807, 2.05) is 18.2 Å². The number of methoxy groups -OCH3 is 1. The molecule has 0 radical (unpaired) electrons. The molecule has 0 spiro atoms. The van der Waals surface area contributed by atoms with Gasteiger partial charge in [-0.2, -0.15) is 5.26 Å². The second-order valence-electron chi connectivity index (χ2n) is 10.7. The van der Waals surface area contributed by atoms with Crippen LogP contribution in [0.15, 0.2) is 23.8 Å². The van der Waals surface area contributed by atoms with Gasteiger partial charge >= 0.3 is 0 Å². The topological polar surface area (TPSA) is 135 Å². The van der Waals surface area contributed by atoms with Gasteiger partial charge in [-0.25, -0.2) is 0 Å². The third kappa shape index (κ3) is 3.54. The molecule has 1 aromatic carbocycles. The molecule has 6 atom stereocenters. The number of carbonyl (C=O) groups is 4. The van der Waals surface area contributed by atoms with Crippen LogP contribution in [0.2, 0.25) is 0 Å². The van der Waals surface area contributed by atoms with E-state index in [9.17, 15) is 24.4 Å². The molecule has 2 aliphatic carbocycles. The summed E-state index contributed by atoms with van der Waals surface area (Å²) < 4.78 is 11.3. The van der Waals surface area contributed by atoms with E-state index in [-0.39, 0.29) is 30.4 Å². The number of nitriles is 1. The van der Waals surface area contributed by atoms with Crippen LogP contribution in [-0.4, -0.2) is 48.9 Å². The van der Waals surface area contributed by atoms with Crippen molar-refractivity contribution in [3.63, 3.8) is 0 Å². The number of ketones is 1. The quantitative estimate of drug-likeness (QED) is 0.528. The van der Waals surface area contributed by atoms with Crippen molar-refractivity contribution in [2.75, 3.05) is 7.11 Å². The molecule has 0 aromatic heterocycles. The van der Waals surface area contributed by atoms with Crippen LogP contribution in [0.3, 0.4) is 0 Å². The second kappa shape index (κ2) is 8.27. The highest BCUT2D eigenvalue weighted by Gasteiger charge is 2.69. The number of carbonyl (C=O) groups excluding carboxylic acids is 4. The van der Waals surface area contributed by atoms with Crippen LogP contribution in [-0.2, 0) is 30.3 Å². The average molecular weight is 490 g/mol. The maximum absolute atomic E-state index is 13.6. The van der Waals surface area contributed by atoms with Gasteiger partial charge in [0, 0.05) is 24.0 Å². The molecule has 1 aromatic rings. The summed E-state index contributed by atoms with van der Waals surface area (Å²) in [5.41, 5.74) is 1.24. The fourth-order valence-electron chi connectivity index (χ4n) is 6.45. The predicted octanol–water partition coefficient (Wildman–Crippen LogP) is 1.45. The number of fused-ring (bicyclic) bond motifs is 6. The highest BCUT2D eigenvalue weighted by Crippen LogP contribution is 2.56. The van der Waals surface area contributed by atoms with E-state index in [4.69, 9.17) is 9.47 Å². The minimum absolute atomic E-state index is 0.125. The lowest BCUT2D eigenvalue weighted by atomic mass is 9.64. The van der Waals surface area contributed by atoms with E-state index in [2.05, 4.69) is 16.7 Å². The standard InChI is InChI=1S/C27H27N3O6/c1-35-19-4-2-3-14-8-15(9-16(14)19)24(32)29-17(7-13-5-6-13)18(31)10-27(12-28)11-20-21-22(23(27)36-20)26(34)30-25(21)33/h2-4,9,13,17,20-23H,5-8,10-11H2,1H3,(H,29,32)(H,30,33,34)/t17?,20-,21-,22-,23-,27-/m0/s1. The largest absolute Gasteiger partial charge is 0.496 e. The molecule has 1 saturated carbocycles. The zero-order valence-electron chi connectivity index (χ0n) is 19.9. The van der Waals surface area contributed by atoms with Gasteiger partial charge in [0.1, 0.15) is 5.75 Å². The molecular weight excluding hydrogens is 462 g/mol. The molecule has 5 aliphatic rings. The Labute approximate surface area is 208 Å². The molecule has 2 bridgehead atoms. The van der Waals surface area contributed by atoms with Gasteiger partial charge in [0.15, 0.2) is 5.78 Å². The second-order valence-corrected chi connectivity index (χ2v) is 10.7. The molecule has 6 rings (SSSR count). The Bertz CT molecular complexity index is 1260. The number of hydrogen-bond acceptors (Lipinski definition) is 7. The molecule has 3 saturated heterocycles. The van der Waals surface area contributed by atoms with Crippen LogP contribution in [0.4, 0.5) is 0 Å². The van der Waals surface area contributed by atoms with Crippen molar-refractivity contribution in [1.82, 2.24) is 10.6 Å². The van der Waals surface area contributed by atoms with Crippen molar-refractivity contribution < 1.29 is 28.7 Å². The minimum atomic E-state index is -1.19. The Morgan fingerprint density at radius 2 is 2.06 bits per heavy atom. The first kappa shape index (κ1) is 22.9. The summed E-state index contributed by atoms with van der Waals surface area (Å²) in [6.07, 6.45) is 3.55. The SMILES string of the molecule is COc1cccc2c1C=C(C(=O)NC(CC1CC1)C(=O)C[C@@]1(C#N)C[C@@H]3O[C@H]1[C@H]1C(=O)NC(=O)[C@H]13)C2. The molecule has 3 aliphatic heterocycles. The average Bonchev–Trinajstić information content (AvgIpc) is 3.19. The van der Waals surface area contributed by atoms with E-state index in [0.29, 0.717) is 30.1 Å². The third-order valence-electron chi connectivity index (χ3n) is 8.44. The highest BCUT2D eigenvalue weighted by atomic mass is 16.5. The number of hydrogen-bond donors (Lipinski definition) is 2. The Hall–Kier alpha value is -3.51. The van der Waals surface area contributed by atoms with Crippen molar-refractivity contribution in [1.29, 1.82) is 5.26 Å². The number of Topliss-reactive ketones (excluding diaryl/α,β-unsaturated/α-hetero) is 1. The number of imide groups is 1.